The smallest absolute Gasteiger partial charge is 0.142 e. The highest BCUT2D eigenvalue weighted by molar-refractivity contribution is 7.85. The van der Waals surface area contributed by atoms with E-state index < -0.39 is 22.4 Å². The fourth-order valence-corrected chi connectivity index (χ4v) is 4.80. The Hall–Kier alpha value is -0.810. The van der Waals surface area contributed by atoms with E-state index in [0.29, 0.717) is 12.5 Å². The Morgan fingerprint density at radius 2 is 2.10 bits per heavy atom. The number of nitrogens with two attached hydrogens (primary N) is 1. The summed E-state index contributed by atoms with van der Waals surface area (Å²) in [6.07, 6.45) is 3.88. The van der Waals surface area contributed by atoms with E-state index in [1.807, 2.05) is 0 Å². The SMILES string of the molecule is CCC1CCC(CN)C(S(=O)c2ccc(F)cc2F)C1. The Kier molecular flexibility index (Phi) is 5.27. The fourth-order valence-electron chi connectivity index (χ4n) is 2.98. The molecule has 20 heavy (non-hydrogen) atoms. The van der Waals surface area contributed by atoms with Crippen LogP contribution >= 0.6 is 0 Å². The van der Waals surface area contributed by atoms with Crippen molar-refractivity contribution in [1.82, 2.24) is 0 Å². The minimum Gasteiger partial charge on any atom is -0.330 e. The monoisotopic (exact) mass is 301 g/mol. The van der Waals surface area contributed by atoms with Crippen molar-refractivity contribution in [3.05, 3.63) is 29.8 Å². The van der Waals surface area contributed by atoms with Crippen molar-refractivity contribution >= 4 is 10.8 Å². The minimum absolute atomic E-state index is 0.103. The van der Waals surface area contributed by atoms with Crippen molar-refractivity contribution in [2.75, 3.05) is 6.54 Å². The topological polar surface area (TPSA) is 43.1 Å². The van der Waals surface area contributed by atoms with Gasteiger partial charge in [0.1, 0.15) is 11.6 Å². The van der Waals surface area contributed by atoms with E-state index in [9.17, 15) is 13.0 Å². The summed E-state index contributed by atoms with van der Waals surface area (Å²) in [7, 11) is -1.46. The Bertz CT molecular complexity index is 495. The van der Waals surface area contributed by atoms with E-state index >= 15 is 0 Å². The molecular formula is C15H21F2NOS. The molecule has 0 heterocycles. The molecule has 0 bridgehead atoms. The molecule has 112 valence electrons. The van der Waals surface area contributed by atoms with Crippen LogP contribution in [-0.4, -0.2) is 16.0 Å². The quantitative estimate of drug-likeness (QED) is 0.928. The third-order valence-electron chi connectivity index (χ3n) is 4.30. The Morgan fingerprint density at radius 1 is 1.35 bits per heavy atom. The standard InChI is InChI=1S/C15H21F2NOS/c1-2-10-3-4-11(9-18)15(7-10)20(19)14-6-5-12(16)8-13(14)17/h5-6,8,10-11,15H,2-4,7,9,18H2,1H3. The normalized spacial score (nSPS) is 28.3. The van der Waals surface area contributed by atoms with Gasteiger partial charge in [0.2, 0.25) is 0 Å². The summed E-state index contributed by atoms with van der Waals surface area (Å²) in [4.78, 5) is 0.103. The van der Waals surface area contributed by atoms with Crippen LogP contribution in [0.2, 0.25) is 0 Å². The zero-order valence-corrected chi connectivity index (χ0v) is 12.5. The molecule has 1 fully saturated rings. The minimum atomic E-state index is -1.46. The van der Waals surface area contributed by atoms with Crippen LogP contribution in [0.25, 0.3) is 0 Å². The lowest BCUT2D eigenvalue weighted by atomic mass is 9.80. The number of rotatable bonds is 4. The molecular weight excluding hydrogens is 280 g/mol. The van der Waals surface area contributed by atoms with Gasteiger partial charge >= 0.3 is 0 Å². The van der Waals surface area contributed by atoms with E-state index in [0.717, 1.165) is 37.8 Å². The number of halogens is 2. The molecule has 0 spiro atoms. The summed E-state index contributed by atoms with van der Waals surface area (Å²) < 4.78 is 39.4. The van der Waals surface area contributed by atoms with Crippen LogP contribution in [0.4, 0.5) is 8.78 Å². The van der Waals surface area contributed by atoms with E-state index in [2.05, 4.69) is 6.92 Å². The van der Waals surface area contributed by atoms with Gasteiger partial charge in [0.05, 0.1) is 15.7 Å². The molecule has 4 unspecified atom stereocenters. The second-order valence-electron chi connectivity index (χ2n) is 5.49. The van der Waals surface area contributed by atoms with Gasteiger partial charge in [0.25, 0.3) is 0 Å². The highest BCUT2D eigenvalue weighted by Gasteiger charge is 2.34. The second-order valence-corrected chi connectivity index (χ2v) is 7.13. The lowest BCUT2D eigenvalue weighted by molar-refractivity contribution is 0.280. The highest BCUT2D eigenvalue weighted by Crippen LogP contribution is 2.35. The number of hydrogen-bond donors (Lipinski definition) is 1. The van der Waals surface area contributed by atoms with Gasteiger partial charge < -0.3 is 5.73 Å². The third kappa shape index (κ3) is 3.26. The first kappa shape index (κ1) is 15.6. The van der Waals surface area contributed by atoms with Crippen LogP contribution in [0.15, 0.2) is 23.1 Å². The van der Waals surface area contributed by atoms with Crippen LogP contribution in [0.5, 0.6) is 0 Å². The molecule has 2 nitrogen and oxygen atoms in total. The van der Waals surface area contributed by atoms with E-state index in [4.69, 9.17) is 5.73 Å². The van der Waals surface area contributed by atoms with Gasteiger partial charge in [-0.3, -0.25) is 4.21 Å². The van der Waals surface area contributed by atoms with Crippen molar-refractivity contribution in [2.24, 2.45) is 17.6 Å². The van der Waals surface area contributed by atoms with Crippen LogP contribution in [-0.2, 0) is 10.8 Å². The molecule has 1 aromatic rings. The van der Waals surface area contributed by atoms with Crippen LogP contribution in [0, 0.1) is 23.5 Å². The number of hydrogen-bond acceptors (Lipinski definition) is 2. The average Bonchev–Trinajstić information content (AvgIpc) is 2.46. The number of benzene rings is 1. The molecule has 1 aliphatic rings. The first-order chi connectivity index (χ1) is 9.56. The second kappa shape index (κ2) is 6.76. The molecule has 1 aromatic carbocycles. The molecule has 5 heteroatoms. The molecule has 0 amide bonds. The molecule has 0 radical (unpaired) electrons. The van der Waals surface area contributed by atoms with Gasteiger partial charge in [-0.15, -0.1) is 0 Å². The highest BCUT2D eigenvalue weighted by atomic mass is 32.2. The third-order valence-corrected chi connectivity index (χ3v) is 6.19. The molecule has 1 saturated carbocycles. The van der Waals surface area contributed by atoms with Crippen molar-refractivity contribution in [2.45, 2.75) is 42.8 Å². The van der Waals surface area contributed by atoms with Crippen LogP contribution < -0.4 is 5.73 Å². The van der Waals surface area contributed by atoms with Gasteiger partial charge in [0.15, 0.2) is 0 Å². The van der Waals surface area contributed by atoms with E-state index in [1.54, 1.807) is 0 Å². The molecule has 1 aliphatic carbocycles. The Balaban J connectivity index is 2.24. The predicted molar refractivity (Wildman–Crippen MR) is 76.7 cm³/mol. The average molecular weight is 301 g/mol. The van der Waals surface area contributed by atoms with Gasteiger partial charge in [0, 0.05) is 11.3 Å². The summed E-state index contributed by atoms with van der Waals surface area (Å²) in [5.74, 6) is -0.690. The summed E-state index contributed by atoms with van der Waals surface area (Å²) in [5, 5.41) is -0.126. The zero-order valence-electron chi connectivity index (χ0n) is 11.6. The lowest BCUT2D eigenvalue weighted by Gasteiger charge is -2.34. The fraction of sp³-hybridized carbons (Fsp3) is 0.600. The van der Waals surface area contributed by atoms with Crippen molar-refractivity contribution in [3.63, 3.8) is 0 Å². The Labute approximate surface area is 121 Å². The molecule has 0 aliphatic heterocycles. The lowest BCUT2D eigenvalue weighted by Crippen LogP contribution is -2.37. The Morgan fingerprint density at radius 3 is 2.70 bits per heavy atom. The largest absolute Gasteiger partial charge is 0.330 e. The van der Waals surface area contributed by atoms with Gasteiger partial charge in [-0.2, -0.15) is 0 Å². The predicted octanol–water partition coefficient (Wildman–Crippen LogP) is 3.23. The maximum atomic E-state index is 13.8. The first-order valence-corrected chi connectivity index (χ1v) is 8.33. The van der Waals surface area contributed by atoms with Crippen LogP contribution in [0.1, 0.15) is 32.6 Å². The molecule has 2 N–H and O–H groups in total. The summed E-state index contributed by atoms with van der Waals surface area (Å²) in [6.45, 7) is 2.58. The van der Waals surface area contributed by atoms with Crippen molar-refractivity contribution < 1.29 is 13.0 Å². The summed E-state index contributed by atoms with van der Waals surface area (Å²) in [5.41, 5.74) is 5.77. The van der Waals surface area contributed by atoms with Gasteiger partial charge in [-0.25, -0.2) is 8.78 Å². The molecule has 2 rings (SSSR count). The van der Waals surface area contributed by atoms with E-state index in [-0.39, 0.29) is 16.1 Å². The zero-order chi connectivity index (χ0) is 14.7. The summed E-state index contributed by atoms with van der Waals surface area (Å²) >= 11 is 0. The van der Waals surface area contributed by atoms with Crippen molar-refractivity contribution in [1.29, 1.82) is 0 Å². The molecule has 4 atom stereocenters. The summed E-state index contributed by atoms with van der Waals surface area (Å²) in [6, 6.07) is 3.25. The maximum absolute atomic E-state index is 13.8. The molecule has 0 saturated heterocycles. The van der Waals surface area contributed by atoms with Gasteiger partial charge in [-0.05, 0) is 43.4 Å². The van der Waals surface area contributed by atoms with Crippen LogP contribution in [0.3, 0.4) is 0 Å². The first-order valence-electron chi connectivity index (χ1n) is 7.12. The van der Waals surface area contributed by atoms with Gasteiger partial charge in [-0.1, -0.05) is 19.8 Å². The molecule has 0 aromatic heterocycles. The van der Waals surface area contributed by atoms with E-state index in [1.165, 1.54) is 6.07 Å². The van der Waals surface area contributed by atoms with Crippen molar-refractivity contribution in [3.8, 4) is 0 Å². The maximum Gasteiger partial charge on any atom is 0.142 e.